The minimum Gasteiger partial charge on any atom is -0.492 e. The SMILES string of the molecule is CCCNCc1cc(F)ccc1OCCN1CCCC1. The van der Waals surface area contributed by atoms with Crippen LogP contribution in [-0.2, 0) is 6.54 Å². The predicted molar refractivity (Wildman–Crippen MR) is 79.6 cm³/mol. The Kier molecular flexibility index (Phi) is 6.27. The first-order valence-corrected chi connectivity index (χ1v) is 7.64. The molecule has 1 N–H and O–H groups in total. The van der Waals surface area contributed by atoms with Gasteiger partial charge in [0.15, 0.2) is 0 Å². The van der Waals surface area contributed by atoms with E-state index in [1.165, 1.54) is 32.0 Å². The van der Waals surface area contributed by atoms with E-state index in [0.717, 1.165) is 30.8 Å². The number of hydrogen-bond acceptors (Lipinski definition) is 3. The Morgan fingerprint density at radius 1 is 1.30 bits per heavy atom. The zero-order chi connectivity index (χ0) is 14.2. The molecule has 4 heteroatoms. The van der Waals surface area contributed by atoms with Gasteiger partial charge in [0.2, 0.25) is 0 Å². The van der Waals surface area contributed by atoms with Crippen molar-refractivity contribution in [1.82, 2.24) is 10.2 Å². The van der Waals surface area contributed by atoms with Gasteiger partial charge in [0.25, 0.3) is 0 Å². The second kappa shape index (κ2) is 8.22. The summed E-state index contributed by atoms with van der Waals surface area (Å²) in [6.45, 7) is 7.70. The number of halogens is 1. The molecule has 0 bridgehead atoms. The number of nitrogens with zero attached hydrogens (tertiary/aromatic N) is 1. The summed E-state index contributed by atoms with van der Waals surface area (Å²) in [7, 11) is 0. The maximum absolute atomic E-state index is 13.3. The fraction of sp³-hybridized carbons (Fsp3) is 0.625. The number of nitrogens with one attached hydrogen (secondary N) is 1. The molecule has 0 atom stereocenters. The van der Waals surface area contributed by atoms with Crippen molar-refractivity contribution in [3.8, 4) is 5.75 Å². The molecular formula is C16H25FN2O. The van der Waals surface area contributed by atoms with E-state index in [4.69, 9.17) is 4.74 Å². The molecule has 1 heterocycles. The summed E-state index contributed by atoms with van der Waals surface area (Å²) >= 11 is 0. The van der Waals surface area contributed by atoms with Crippen molar-refractivity contribution >= 4 is 0 Å². The van der Waals surface area contributed by atoms with E-state index in [0.29, 0.717) is 13.2 Å². The van der Waals surface area contributed by atoms with Gasteiger partial charge >= 0.3 is 0 Å². The number of likely N-dealkylation sites (tertiary alicyclic amines) is 1. The van der Waals surface area contributed by atoms with Crippen LogP contribution in [-0.4, -0.2) is 37.7 Å². The molecule has 112 valence electrons. The third-order valence-corrected chi connectivity index (χ3v) is 3.63. The van der Waals surface area contributed by atoms with Crippen LogP contribution in [0.25, 0.3) is 0 Å². The maximum atomic E-state index is 13.3. The molecule has 1 aliphatic heterocycles. The predicted octanol–water partition coefficient (Wildman–Crippen LogP) is 2.80. The minimum absolute atomic E-state index is 0.204. The summed E-state index contributed by atoms with van der Waals surface area (Å²) in [5.74, 6) is 0.597. The molecule has 20 heavy (non-hydrogen) atoms. The molecule has 1 fully saturated rings. The van der Waals surface area contributed by atoms with Gasteiger partial charge < -0.3 is 10.1 Å². The number of benzene rings is 1. The quantitative estimate of drug-likeness (QED) is 0.741. The molecule has 1 aromatic rings. The van der Waals surface area contributed by atoms with Crippen LogP contribution in [0.4, 0.5) is 4.39 Å². The summed E-state index contributed by atoms with van der Waals surface area (Å²) in [6, 6.07) is 4.77. The highest BCUT2D eigenvalue weighted by Gasteiger charge is 2.11. The second-order valence-electron chi connectivity index (χ2n) is 5.33. The monoisotopic (exact) mass is 280 g/mol. The summed E-state index contributed by atoms with van der Waals surface area (Å²) in [5.41, 5.74) is 0.903. The summed E-state index contributed by atoms with van der Waals surface area (Å²) in [6.07, 6.45) is 3.66. The molecular weight excluding hydrogens is 255 g/mol. The molecule has 1 aliphatic rings. The molecule has 0 amide bonds. The maximum Gasteiger partial charge on any atom is 0.124 e. The average Bonchev–Trinajstić information content (AvgIpc) is 2.95. The van der Waals surface area contributed by atoms with Crippen molar-refractivity contribution in [2.45, 2.75) is 32.7 Å². The van der Waals surface area contributed by atoms with Gasteiger partial charge in [-0.25, -0.2) is 4.39 Å². The highest BCUT2D eigenvalue weighted by atomic mass is 19.1. The third-order valence-electron chi connectivity index (χ3n) is 3.63. The summed E-state index contributed by atoms with van der Waals surface area (Å²) in [5, 5.41) is 3.29. The van der Waals surface area contributed by atoms with Crippen LogP contribution >= 0.6 is 0 Å². The lowest BCUT2D eigenvalue weighted by atomic mass is 10.2. The van der Waals surface area contributed by atoms with Gasteiger partial charge in [-0.15, -0.1) is 0 Å². The van der Waals surface area contributed by atoms with Gasteiger partial charge in [-0.3, -0.25) is 4.90 Å². The highest BCUT2D eigenvalue weighted by Crippen LogP contribution is 2.20. The van der Waals surface area contributed by atoms with Crippen molar-refractivity contribution in [3.05, 3.63) is 29.6 Å². The van der Waals surface area contributed by atoms with E-state index in [-0.39, 0.29) is 5.82 Å². The fourth-order valence-electron chi connectivity index (χ4n) is 2.52. The van der Waals surface area contributed by atoms with E-state index in [1.54, 1.807) is 12.1 Å². The third kappa shape index (κ3) is 4.76. The van der Waals surface area contributed by atoms with Crippen molar-refractivity contribution in [2.24, 2.45) is 0 Å². The zero-order valence-electron chi connectivity index (χ0n) is 12.3. The molecule has 0 unspecified atom stereocenters. The number of ether oxygens (including phenoxy) is 1. The Labute approximate surface area is 121 Å². The average molecular weight is 280 g/mol. The van der Waals surface area contributed by atoms with Crippen LogP contribution in [0.5, 0.6) is 5.75 Å². The van der Waals surface area contributed by atoms with Crippen molar-refractivity contribution in [1.29, 1.82) is 0 Å². The van der Waals surface area contributed by atoms with E-state index in [1.807, 2.05) is 0 Å². The smallest absolute Gasteiger partial charge is 0.124 e. The molecule has 0 saturated carbocycles. The van der Waals surface area contributed by atoms with E-state index in [2.05, 4.69) is 17.1 Å². The van der Waals surface area contributed by atoms with Crippen molar-refractivity contribution in [2.75, 3.05) is 32.8 Å². The first-order valence-electron chi connectivity index (χ1n) is 7.64. The number of rotatable bonds is 8. The molecule has 3 nitrogen and oxygen atoms in total. The summed E-state index contributed by atoms with van der Waals surface area (Å²) in [4.78, 5) is 2.42. The van der Waals surface area contributed by atoms with Gasteiger partial charge in [0.05, 0.1) is 0 Å². The Morgan fingerprint density at radius 2 is 2.10 bits per heavy atom. The van der Waals surface area contributed by atoms with Gasteiger partial charge in [-0.05, 0) is 57.1 Å². The van der Waals surface area contributed by atoms with Crippen LogP contribution in [0.1, 0.15) is 31.7 Å². The van der Waals surface area contributed by atoms with Crippen LogP contribution in [0.15, 0.2) is 18.2 Å². The molecule has 0 radical (unpaired) electrons. The Balaban J connectivity index is 1.84. The molecule has 1 saturated heterocycles. The molecule has 1 aromatic carbocycles. The van der Waals surface area contributed by atoms with Crippen LogP contribution in [0, 0.1) is 5.82 Å². The van der Waals surface area contributed by atoms with Crippen LogP contribution < -0.4 is 10.1 Å². The van der Waals surface area contributed by atoms with Crippen LogP contribution in [0.3, 0.4) is 0 Å². The molecule has 0 aliphatic carbocycles. The fourth-order valence-corrected chi connectivity index (χ4v) is 2.52. The summed E-state index contributed by atoms with van der Waals surface area (Å²) < 4.78 is 19.2. The Hall–Kier alpha value is -1.13. The van der Waals surface area contributed by atoms with E-state index < -0.39 is 0 Å². The second-order valence-corrected chi connectivity index (χ2v) is 5.33. The number of hydrogen-bond donors (Lipinski definition) is 1. The van der Waals surface area contributed by atoms with Crippen molar-refractivity contribution < 1.29 is 9.13 Å². The zero-order valence-corrected chi connectivity index (χ0v) is 12.3. The lowest BCUT2D eigenvalue weighted by molar-refractivity contribution is 0.236. The van der Waals surface area contributed by atoms with Crippen molar-refractivity contribution in [3.63, 3.8) is 0 Å². The first-order chi connectivity index (χ1) is 9.79. The lowest BCUT2D eigenvalue weighted by Crippen LogP contribution is -2.25. The topological polar surface area (TPSA) is 24.5 Å². The standard InChI is InChI=1S/C16H25FN2O/c1-2-7-18-13-14-12-15(17)5-6-16(14)20-11-10-19-8-3-4-9-19/h5-6,12,18H,2-4,7-11,13H2,1H3. The van der Waals surface area contributed by atoms with E-state index >= 15 is 0 Å². The van der Waals surface area contributed by atoms with Gasteiger partial charge in [-0.1, -0.05) is 6.92 Å². The molecule has 0 spiro atoms. The Morgan fingerprint density at radius 3 is 2.85 bits per heavy atom. The highest BCUT2D eigenvalue weighted by molar-refractivity contribution is 5.33. The normalized spacial score (nSPS) is 15.7. The Bertz CT molecular complexity index is 405. The van der Waals surface area contributed by atoms with E-state index in [9.17, 15) is 4.39 Å². The molecule has 2 rings (SSSR count). The van der Waals surface area contributed by atoms with Gasteiger partial charge in [-0.2, -0.15) is 0 Å². The van der Waals surface area contributed by atoms with Crippen LogP contribution in [0.2, 0.25) is 0 Å². The molecule has 0 aromatic heterocycles. The van der Waals surface area contributed by atoms with Gasteiger partial charge in [0, 0.05) is 18.7 Å². The minimum atomic E-state index is -0.204. The largest absolute Gasteiger partial charge is 0.492 e. The first kappa shape index (κ1) is 15.3. The lowest BCUT2D eigenvalue weighted by Gasteiger charge is -2.16. The van der Waals surface area contributed by atoms with Gasteiger partial charge in [0.1, 0.15) is 18.2 Å².